The van der Waals surface area contributed by atoms with E-state index in [2.05, 4.69) is 24.5 Å². The molecule has 0 aromatic carbocycles. The van der Waals surface area contributed by atoms with Gasteiger partial charge in [0.15, 0.2) is 0 Å². The first-order chi connectivity index (χ1) is 9.66. The van der Waals surface area contributed by atoms with E-state index in [0.717, 1.165) is 38.8 Å². The topological polar surface area (TPSA) is 50.4 Å². The van der Waals surface area contributed by atoms with Crippen LogP contribution < -0.4 is 10.6 Å². The summed E-state index contributed by atoms with van der Waals surface area (Å²) in [6.07, 6.45) is 6.38. The standard InChI is InChI=1S/C16H30N2O2.ClH/c1-4-16(5-2)13(11-14(16)20-6-3)18-15(19)10-12-8-7-9-17-12;/h12-14,17H,4-11H2,1-3H3,(H,18,19);1H. The Morgan fingerprint density at radius 2 is 2.05 bits per heavy atom. The fourth-order valence-corrected chi connectivity index (χ4v) is 3.99. The van der Waals surface area contributed by atoms with E-state index < -0.39 is 0 Å². The summed E-state index contributed by atoms with van der Waals surface area (Å²) in [5.74, 6) is 0.204. The van der Waals surface area contributed by atoms with Crippen LogP contribution in [0.3, 0.4) is 0 Å². The van der Waals surface area contributed by atoms with E-state index in [1.807, 2.05) is 6.92 Å². The SMILES string of the molecule is CCOC1CC(NC(=O)CC2CCCN2)C1(CC)CC.Cl. The van der Waals surface area contributed by atoms with E-state index in [0.29, 0.717) is 24.6 Å². The lowest BCUT2D eigenvalue weighted by Gasteiger charge is -2.55. The summed E-state index contributed by atoms with van der Waals surface area (Å²) in [5, 5.41) is 6.65. The molecule has 1 amide bonds. The highest BCUT2D eigenvalue weighted by molar-refractivity contribution is 5.85. The Labute approximate surface area is 135 Å². The van der Waals surface area contributed by atoms with Crippen molar-refractivity contribution in [3.05, 3.63) is 0 Å². The minimum absolute atomic E-state index is 0. The molecule has 5 heteroatoms. The van der Waals surface area contributed by atoms with Gasteiger partial charge in [-0.2, -0.15) is 0 Å². The monoisotopic (exact) mass is 318 g/mol. The Bertz CT molecular complexity index is 328. The van der Waals surface area contributed by atoms with Crippen LogP contribution in [0.2, 0.25) is 0 Å². The zero-order valence-electron chi connectivity index (χ0n) is 13.6. The molecule has 1 aliphatic heterocycles. The van der Waals surface area contributed by atoms with Crippen molar-refractivity contribution >= 4 is 18.3 Å². The van der Waals surface area contributed by atoms with Gasteiger partial charge in [0, 0.05) is 30.5 Å². The third-order valence-electron chi connectivity index (χ3n) is 5.40. The van der Waals surface area contributed by atoms with Crippen molar-refractivity contribution < 1.29 is 9.53 Å². The molecule has 124 valence electrons. The van der Waals surface area contributed by atoms with Crippen molar-refractivity contribution in [1.29, 1.82) is 0 Å². The van der Waals surface area contributed by atoms with Gasteiger partial charge >= 0.3 is 0 Å². The minimum Gasteiger partial charge on any atom is -0.378 e. The lowest BCUT2D eigenvalue weighted by molar-refractivity contribution is -0.148. The molecule has 0 aromatic rings. The van der Waals surface area contributed by atoms with E-state index in [4.69, 9.17) is 4.74 Å². The van der Waals surface area contributed by atoms with Crippen molar-refractivity contribution in [3.63, 3.8) is 0 Å². The van der Waals surface area contributed by atoms with Gasteiger partial charge in [-0.3, -0.25) is 4.79 Å². The number of carbonyl (C=O) groups excluding carboxylic acids is 1. The van der Waals surface area contributed by atoms with Crippen molar-refractivity contribution in [3.8, 4) is 0 Å². The van der Waals surface area contributed by atoms with Crippen LogP contribution in [0.4, 0.5) is 0 Å². The van der Waals surface area contributed by atoms with Gasteiger partial charge in [0.05, 0.1) is 6.10 Å². The molecule has 0 bridgehead atoms. The lowest BCUT2D eigenvalue weighted by atomic mass is 9.58. The Kier molecular flexibility index (Phi) is 7.45. The van der Waals surface area contributed by atoms with Gasteiger partial charge in [-0.15, -0.1) is 12.4 Å². The summed E-state index contributed by atoms with van der Waals surface area (Å²) in [7, 11) is 0. The van der Waals surface area contributed by atoms with E-state index in [9.17, 15) is 4.79 Å². The molecule has 2 fully saturated rings. The number of halogens is 1. The summed E-state index contributed by atoms with van der Waals surface area (Å²) in [5.41, 5.74) is 0.148. The van der Waals surface area contributed by atoms with Crippen LogP contribution in [0.15, 0.2) is 0 Å². The first-order valence-corrected chi connectivity index (χ1v) is 8.30. The molecule has 2 N–H and O–H groups in total. The molecule has 1 aliphatic carbocycles. The number of hydrogen-bond acceptors (Lipinski definition) is 3. The van der Waals surface area contributed by atoms with Gasteiger partial charge in [-0.1, -0.05) is 13.8 Å². The third-order valence-corrected chi connectivity index (χ3v) is 5.40. The van der Waals surface area contributed by atoms with E-state index in [1.165, 1.54) is 6.42 Å². The highest BCUT2D eigenvalue weighted by atomic mass is 35.5. The Morgan fingerprint density at radius 1 is 1.33 bits per heavy atom. The molecular weight excluding hydrogens is 288 g/mol. The normalized spacial score (nSPS) is 30.3. The minimum atomic E-state index is 0. The molecule has 1 heterocycles. The maximum absolute atomic E-state index is 12.2. The van der Waals surface area contributed by atoms with Crippen LogP contribution in [-0.4, -0.2) is 37.2 Å². The molecule has 3 unspecified atom stereocenters. The quantitative estimate of drug-likeness (QED) is 0.758. The number of carbonyl (C=O) groups is 1. The first kappa shape index (κ1) is 18.7. The summed E-state index contributed by atoms with van der Waals surface area (Å²) in [4.78, 5) is 12.2. The number of rotatable bonds is 7. The summed E-state index contributed by atoms with van der Waals surface area (Å²) >= 11 is 0. The summed E-state index contributed by atoms with van der Waals surface area (Å²) < 4.78 is 5.86. The van der Waals surface area contributed by atoms with Crippen LogP contribution in [0.5, 0.6) is 0 Å². The van der Waals surface area contributed by atoms with Crippen LogP contribution >= 0.6 is 12.4 Å². The van der Waals surface area contributed by atoms with E-state index in [1.54, 1.807) is 0 Å². The van der Waals surface area contributed by atoms with E-state index >= 15 is 0 Å². The Balaban J connectivity index is 0.00000220. The second kappa shape index (κ2) is 8.35. The van der Waals surface area contributed by atoms with Crippen LogP contribution in [0.1, 0.15) is 59.3 Å². The predicted octanol–water partition coefficient (Wildman–Crippen LogP) is 2.65. The highest BCUT2D eigenvalue weighted by Gasteiger charge is 2.53. The molecule has 1 saturated heterocycles. The molecule has 4 nitrogen and oxygen atoms in total. The van der Waals surface area contributed by atoms with Gasteiger partial charge in [0.2, 0.25) is 5.91 Å². The van der Waals surface area contributed by atoms with Crippen LogP contribution in [0, 0.1) is 5.41 Å². The molecule has 21 heavy (non-hydrogen) atoms. The third kappa shape index (κ3) is 3.91. The van der Waals surface area contributed by atoms with Crippen LogP contribution in [-0.2, 0) is 9.53 Å². The zero-order chi connectivity index (χ0) is 14.6. The molecule has 2 rings (SSSR count). The molecule has 3 atom stereocenters. The van der Waals surface area contributed by atoms with Gasteiger partial charge in [-0.25, -0.2) is 0 Å². The number of ether oxygens (including phenoxy) is 1. The Morgan fingerprint density at radius 3 is 2.57 bits per heavy atom. The van der Waals surface area contributed by atoms with Gasteiger partial charge in [-0.05, 0) is 45.6 Å². The molecule has 0 spiro atoms. The van der Waals surface area contributed by atoms with Gasteiger partial charge in [0.25, 0.3) is 0 Å². The maximum Gasteiger partial charge on any atom is 0.221 e. The van der Waals surface area contributed by atoms with Crippen LogP contribution in [0.25, 0.3) is 0 Å². The maximum atomic E-state index is 12.2. The smallest absolute Gasteiger partial charge is 0.221 e. The van der Waals surface area contributed by atoms with Crippen molar-refractivity contribution in [2.24, 2.45) is 5.41 Å². The number of nitrogens with one attached hydrogen (secondary N) is 2. The number of amides is 1. The van der Waals surface area contributed by atoms with Crippen molar-refractivity contribution in [2.75, 3.05) is 13.2 Å². The van der Waals surface area contributed by atoms with Crippen molar-refractivity contribution in [1.82, 2.24) is 10.6 Å². The second-order valence-corrected chi connectivity index (χ2v) is 6.24. The van der Waals surface area contributed by atoms with Gasteiger partial charge in [0.1, 0.15) is 0 Å². The lowest BCUT2D eigenvalue weighted by Crippen LogP contribution is -2.64. The Hall–Kier alpha value is -0.320. The largest absolute Gasteiger partial charge is 0.378 e. The van der Waals surface area contributed by atoms with Crippen molar-refractivity contribution in [2.45, 2.75) is 77.5 Å². The average Bonchev–Trinajstić information content (AvgIpc) is 2.92. The fourth-order valence-electron chi connectivity index (χ4n) is 3.99. The zero-order valence-corrected chi connectivity index (χ0v) is 14.4. The molecule has 0 radical (unpaired) electrons. The molecule has 1 saturated carbocycles. The first-order valence-electron chi connectivity index (χ1n) is 8.30. The summed E-state index contributed by atoms with van der Waals surface area (Å²) in [6.45, 7) is 8.30. The molecule has 2 aliphatic rings. The molecule has 0 aromatic heterocycles. The number of hydrogen-bond donors (Lipinski definition) is 2. The second-order valence-electron chi connectivity index (χ2n) is 6.24. The molecular formula is C16H31ClN2O2. The highest BCUT2D eigenvalue weighted by Crippen LogP contribution is 2.48. The predicted molar refractivity (Wildman–Crippen MR) is 87.9 cm³/mol. The van der Waals surface area contributed by atoms with E-state index in [-0.39, 0.29) is 23.7 Å². The fraction of sp³-hybridized carbons (Fsp3) is 0.938. The van der Waals surface area contributed by atoms with Gasteiger partial charge < -0.3 is 15.4 Å². The average molecular weight is 319 g/mol. The summed E-state index contributed by atoms with van der Waals surface area (Å²) in [6, 6.07) is 0.679.